The summed E-state index contributed by atoms with van der Waals surface area (Å²) in [5.74, 6) is 0.230. The molecular weight excluding hydrogens is 246 g/mol. The zero-order chi connectivity index (χ0) is 13.5. The summed E-state index contributed by atoms with van der Waals surface area (Å²) in [4.78, 5) is 17.3. The van der Waals surface area contributed by atoms with Gasteiger partial charge in [0.2, 0.25) is 0 Å². The molecule has 1 aromatic carbocycles. The van der Waals surface area contributed by atoms with Gasteiger partial charge in [-0.25, -0.2) is 10.3 Å². The molecule has 104 valence electrons. The van der Waals surface area contributed by atoms with E-state index in [1.54, 1.807) is 18.2 Å². The lowest BCUT2D eigenvalue weighted by atomic mass is 10.2. The summed E-state index contributed by atoms with van der Waals surface area (Å²) in [6.45, 7) is 3.06. The molecule has 0 saturated carbocycles. The molecule has 0 radical (unpaired) electrons. The zero-order valence-electron chi connectivity index (χ0n) is 11.1. The highest BCUT2D eigenvalue weighted by Crippen LogP contribution is 2.18. The Morgan fingerprint density at radius 3 is 3.00 bits per heavy atom. The Bertz CT molecular complexity index is 416. The predicted octanol–water partition coefficient (Wildman–Crippen LogP) is 2.27. The van der Waals surface area contributed by atoms with Crippen molar-refractivity contribution in [1.82, 2.24) is 5.48 Å². The van der Waals surface area contributed by atoms with E-state index in [0.29, 0.717) is 24.5 Å². The minimum absolute atomic E-state index is 0.321. The average molecular weight is 265 g/mol. The molecule has 0 unspecified atom stereocenters. The maximum atomic E-state index is 12.0. The van der Waals surface area contributed by atoms with Gasteiger partial charge in [-0.05, 0) is 31.9 Å². The van der Waals surface area contributed by atoms with Crippen molar-refractivity contribution in [3.05, 3.63) is 29.8 Å². The van der Waals surface area contributed by atoms with Crippen molar-refractivity contribution in [2.24, 2.45) is 0 Å². The highest BCUT2D eigenvalue weighted by molar-refractivity contribution is 5.96. The smallest absolute Gasteiger partial charge is 0.278 e. The molecule has 1 heterocycles. The van der Waals surface area contributed by atoms with Gasteiger partial charge in [-0.2, -0.15) is 0 Å². The number of ether oxygens (including phenoxy) is 2. The van der Waals surface area contributed by atoms with Crippen LogP contribution < -0.4 is 10.2 Å². The number of hydroxylamine groups is 1. The van der Waals surface area contributed by atoms with Gasteiger partial charge < -0.3 is 9.47 Å². The molecule has 0 spiro atoms. The fourth-order valence-electron chi connectivity index (χ4n) is 1.91. The van der Waals surface area contributed by atoms with E-state index in [4.69, 9.17) is 14.3 Å². The van der Waals surface area contributed by atoms with Crippen LogP contribution in [0.2, 0.25) is 0 Å². The van der Waals surface area contributed by atoms with Gasteiger partial charge in [0.15, 0.2) is 6.29 Å². The Hall–Kier alpha value is -1.59. The molecule has 5 heteroatoms. The van der Waals surface area contributed by atoms with Crippen LogP contribution in [-0.2, 0) is 9.57 Å². The molecule has 5 nitrogen and oxygen atoms in total. The molecule has 1 amide bonds. The molecule has 1 atom stereocenters. The fourth-order valence-corrected chi connectivity index (χ4v) is 1.91. The molecule has 1 aromatic rings. The summed E-state index contributed by atoms with van der Waals surface area (Å²) in [6, 6.07) is 7.07. The van der Waals surface area contributed by atoms with Crippen molar-refractivity contribution in [2.75, 3.05) is 13.2 Å². The summed E-state index contributed by atoms with van der Waals surface area (Å²) in [7, 11) is 0. The van der Waals surface area contributed by atoms with Crippen LogP contribution in [-0.4, -0.2) is 25.4 Å². The van der Waals surface area contributed by atoms with E-state index in [1.807, 2.05) is 13.0 Å². The van der Waals surface area contributed by atoms with Crippen LogP contribution in [0.25, 0.3) is 0 Å². The van der Waals surface area contributed by atoms with Crippen molar-refractivity contribution in [2.45, 2.75) is 32.5 Å². The van der Waals surface area contributed by atoms with Gasteiger partial charge >= 0.3 is 0 Å². The number of carbonyl (C=O) groups excluding carboxylic acids is 1. The maximum absolute atomic E-state index is 12.0. The van der Waals surface area contributed by atoms with E-state index in [9.17, 15) is 4.79 Å². The van der Waals surface area contributed by atoms with Crippen LogP contribution in [0.15, 0.2) is 24.3 Å². The number of rotatable bonds is 5. The molecule has 1 aliphatic rings. The first-order valence-electron chi connectivity index (χ1n) is 6.60. The van der Waals surface area contributed by atoms with E-state index in [2.05, 4.69) is 5.48 Å². The van der Waals surface area contributed by atoms with Gasteiger partial charge in [-0.1, -0.05) is 12.1 Å². The zero-order valence-corrected chi connectivity index (χ0v) is 11.1. The Labute approximate surface area is 112 Å². The Balaban J connectivity index is 1.91. The number of para-hydroxylation sites is 1. The molecule has 1 fully saturated rings. The minimum Gasteiger partial charge on any atom is -0.493 e. The largest absolute Gasteiger partial charge is 0.493 e. The highest BCUT2D eigenvalue weighted by Gasteiger charge is 2.17. The summed E-state index contributed by atoms with van der Waals surface area (Å²) in [6.07, 6.45) is 2.54. The number of benzene rings is 1. The molecule has 19 heavy (non-hydrogen) atoms. The van der Waals surface area contributed by atoms with Crippen LogP contribution in [0.3, 0.4) is 0 Å². The normalized spacial score (nSPS) is 18.9. The van der Waals surface area contributed by atoms with E-state index >= 15 is 0 Å². The Morgan fingerprint density at radius 1 is 1.42 bits per heavy atom. The first kappa shape index (κ1) is 13.8. The molecule has 0 aromatic heterocycles. The van der Waals surface area contributed by atoms with E-state index in [0.717, 1.165) is 19.3 Å². The van der Waals surface area contributed by atoms with Crippen molar-refractivity contribution < 1.29 is 19.1 Å². The Kier molecular flexibility index (Phi) is 5.18. The predicted molar refractivity (Wildman–Crippen MR) is 69.8 cm³/mol. The molecule has 2 rings (SSSR count). The van der Waals surface area contributed by atoms with Crippen LogP contribution >= 0.6 is 0 Å². The monoisotopic (exact) mass is 265 g/mol. The number of amides is 1. The van der Waals surface area contributed by atoms with E-state index < -0.39 is 0 Å². The summed E-state index contributed by atoms with van der Waals surface area (Å²) < 4.78 is 10.8. The third-order valence-electron chi connectivity index (χ3n) is 2.85. The third-order valence-corrected chi connectivity index (χ3v) is 2.85. The van der Waals surface area contributed by atoms with Crippen molar-refractivity contribution in [3.63, 3.8) is 0 Å². The molecule has 1 saturated heterocycles. The van der Waals surface area contributed by atoms with Crippen molar-refractivity contribution >= 4 is 5.91 Å². The van der Waals surface area contributed by atoms with Gasteiger partial charge in [-0.15, -0.1) is 0 Å². The summed E-state index contributed by atoms with van der Waals surface area (Å²) in [5.41, 5.74) is 2.88. The van der Waals surface area contributed by atoms with Crippen LogP contribution in [0.1, 0.15) is 36.5 Å². The summed E-state index contributed by atoms with van der Waals surface area (Å²) >= 11 is 0. The fraction of sp³-hybridized carbons (Fsp3) is 0.500. The van der Waals surface area contributed by atoms with E-state index in [1.165, 1.54) is 0 Å². The second kappa shape index (κ2) is 7.11. The number of carbonyl (C=O) groups is 1. The first-order chi connectivity index (χ1) is 9.31. The number of hydrogen-bond donors (Lipinski definition) is 1. The summed E-state index contributed by atoms with van der Waals surface area (Å²) in [5, 5.41) is 0. The molecule has 0 bridgehead atoms. The SMILES string of the molecule is CCOc1ccccc1C(=O)NO[C@@H]1CCCCO1. The first-order valence-corrected chi connectivity index (χ1v) is 6.60. The maximum Gasteiger partial charge on any atom is 0.278 e. The molecule has 0 aliphatic carbocycles. The molecular formula is C14H19NO4. The minimum atomic E-state index is -0.350. The van der Waals surface area contributed by atoms with Crippen LogP contribution in [0.5, 0.6) is 5.75 Å². The number of nitrogens with one attached hydrogen (secondary N) is 1. The number of hydrogen-bond acceptors (Lipinski definition) is 4. The lowest BCUT2D eigenvalue weighted by Gasteiger charge is -2.22. The van der Waals surface area contributed by atoms with Gasteiger partial charge in [0, 0.05) is 13.0 Å². The molecule has 1 aliphatic heterocycles. The topological polar surface area (TPSA) is 56.8 Å². The van der Waals surface area contributed by atoms with Crippen molar-refractivity contribution in [3.8, 4) is 5.75 Å². The van der Waals surface area contributed by atoms with Gasteiger partial charge in [-0.3, -0.25) is 4.79 Å². The van der Waals surface area contributed by atoms with E-state index in [-0.39, 0.29) is 12.2 Å². The lowest BCUT2D eigenvalue weighted by molar-refractivity contribution is -0.186. The van der Waals surface area contributed by atoms with Crippen LogP contribution in [0.4, 0.5) is 0 Å². The second-order valence-corrected chi connectivity index (χ2v) is 4.27. The van der Waals surface area contributed by atoms with Crippen molar-refractivity contribution in [1.29, 1.82) is 0 Å². The second-order valence-electron chi connectivity index (χ2n) is 4.27. The third kappa shape index (κ3) is 3.94. The Morgan fingerprint density at radius 2 is 2.26 bits per heavy atom. The quantitative estimate of drug-likeness (QED) is 0.830. The standard InChI is InChI=1S/C14H19NO4/c1-2-17-12-8-4-3-7-11(12)14(16)15-19-13-9-5-6-10-18-13/h3-4,7-8,13H,2,5-6,9-10H2,1H3,(H,15,16)/t13-/m1/s1. The average Bonchev–Trinajstić information content (AvgIpc) is 2.47. The van der Waals surface area contributed by atoms with Crippen LogP contribution in [0, 0.1) is 0 Å². The van der Waals surface area contributed by atoms with Gasteiger partial charge in [0.05, 0.1) is 12.2 Å². The lowest BCUT2D eigenvalue weighted by Crippen LogP contribution is -2.33. The highest BCUT2D eigenvalue weighted by atomic mass is 16.8. The molecule has 1 N–H and O–H groups in total. The van der Waals surface area contributed by atoms with Gasteiger partial charge in [0.25, 0.3) is 5.91 Å². The van der Waals surface area contributed by atoms with Gasteiger partial charge in [0.1, 0.15) is 5.75 Å².